The quantitative estimate of drug-likeness (QED) is 0.235. The highest BCUT2D eigenvalue weighted by Crippen LogP contribution is 2.36. The first kappa shape index (κ1) is 28.8. The molecule has 0 radical (unpaired) electrons. The molecule has 222 valence electrons. The van der Waals surface area contributed by atoms with E-state index in [9.17, 15) is 35.9 Å². The number of fused-ring (bicyclic) bond motifs is 2. The molecule has 0 aliphatic heterocycles. The van der Waals surface area contributed by atoms with E-state index < -0.39 is 46.8 Å². The number of hydrogen-bond acceptors (Lipinski definition) is 8. The van der Waals surface area contributed by atoms with Crippen molar-refractivity contribution >= 4 is 34.1 Å². The summed E-state index contributed by atoms with van der Waals surface area (Å²) in [5.74, 6) is -2.95. The largest absolute Gasteiger partial charge is 0.478 e. The smallest absolute Gasteiger partial charge is 0.434 e. The van der Waals surface area contributed by atoms with Gasteiger partial charge < -0.3 is 19.0 Å². The van der Waals surface area contributed by atoms with Gasteiger partial charge in [0.2, 0.25) is 0 Å². The third-order valence-corrected chi connectivity index (χ3v) is 5.83. The van der Waals surface area contributed by atoms with Crippen LogP contribution < -0.4 is 0 Å². The molecule has 0 bridgehead atoms. The molecule has 0 unspecified atom stereocenters. The van der Waals surface area contributed by atoms with Crippen LogP contribution in [0.25, 0.3) is 33.6 Å². The third-order valence-electron chi connectivity index (χ3n) is 5.83. The highest BCUT2D eigenvalue weighted by atomic mass is 19.4. The molecule has 2 N–H and O–H groups in total. The molecule has 0 saturated heterocycles. The molecule has 0 saturated carbocycles. The maximum absolute atomic E-state index is 13.2. The lowest BCUT2D eigenvalue weighted by molar-refractivity contribution is -0.144. The molecule has 0 atom stereocenters. The number of alkyl halides is 6. The molecule has 0 aliphatic carbocycles. The molecule has 12 nitrogen and oxygen atoms in total. The normalized spacial score (nSPS) is 12.0. The van der Waals surface area contributed by atoms with Gasteiger partial charge in [-0.2, -0.15) is 36.5 Å². The average Bonchev–Trinajstić information content (AvgIpc) is 3.71. The Balaban J connectivity index is 0.000000171. The Morgan fingerprint density at radius 3 is 1.74 bits per heavy atom. The fourth-order valence-corrected chi connectivity index (χ4v) is 4.16. The van der Waals surface area contributed by atoms with E-state index in [1.165, 1.54) is 36.9 Å². The van der Waals surface area contributed by atoms with Crippen LogP contribution in [0.5, 0.6) is 0 Å². The zero-order valence-electron chi connectivity index (χ0n) is 21.2. The molecular formula is C25H14F6N6O6. The summed E-state index contributed by atoms with van der Waals surface area (Å²) in [6.45, 7) is 1.63. The van der Waals surface area contributed by atoms with Gasteiger partial charge >= 0.3 is 24.3 Å². The van der Waals surface area contributed by atoms with Gasteiger partial charge in [-0.25, -0.2) is 19.0 Å². The van der Waals surface area contributed by atoms with E-state index in [1.54, 1.807) is 13.0 Å². The lowest BCUT2D eigenvalue weighted by atomic mass is 10.2. The number of nitrogens with zero attached hydrogens (tertiary/aromatic N) is 6. The second kappa shape index (κ2) is 10.3. The average molecular weight is 608 g/mol. The Morgan fingerprint density at radius 2 is 1.26 bits per heavy atom. The lowest BCUT2D eigenvalue weighted by Gasteiger charge is -2.11. The van der Waals surface area contributed by atoms with Crippen LogP contribution in [0, 0.1) is 6.92 Å². The summed E-state index contributed by atoms with van der Waals surface area (Å²) in [6, 6.07) is 5.58. The molecule has 0 fully saturated rings. The summed E-state index contributed by atoms with van der Waals surface area (Å²) in [5.41, 5.74) is -3.79. The van der Waals surface area contributed by atoms with E-state index in [1.807, 2.05) is 0 Å². The van der Waals surface area contributed by atoms with Gasteiger partial charge in [0, 0.05) is 24.5 Å². The Bertz CT molecular complexity index is 2000. The Hall–Kier alpha value is -5.68. The number of furan rings is 2. The molecule has 0 aliphatic rings. The number of halogens is 6. The van der Waals surface area contributed by atoms with Crippen molar-refractivity contribution in [3.8, 4) is 11.4 Å². The van der Waals surface area contributed by atoms with E-state index in [0.717, 1.165) is 0 Å². The van der Waals surface area contributed by atoms with Gasteiger partial charge in [-0.3, -0.25) is 9.97 Å². The fourth-order valence-electron chi connectivity index (χ4n) is 4.16. The third kappa shape index (κ3) is 5.24. The highest BCUT2D eigenvalue weighted by molar-refractivity contribution is 5.90. The Kier molecular flexibility index (Phi) is 6.91. The number of aromatic nitrogens is 6. The number of aromatic carboxylic acids is 2. The number of carbonyl (C=O) groups is 2. The SMILES string of the molecule is Cc1cc2nccc(-n3ncc(C(=O)O)c3C(F)(F)F)c2o1.O=C(O)c1cnn(-c2ccnc3ccoc23)c1C(F)(F)F. The number of hydrogen-bond donors (Lipinski definition) is 2. The van der Waals surface area contributed by atoms with Crippen LogP contribution in [0.1, 0.15) is 37.9 Å². The lowest BCUT2D eigenvalue weighted by Crippen LogP contribution is -2.17. The number of pyridine rings is 2. The molecule has 0 amide bonds. The molecule has 6 aromatic rings. The second-order valence-corrected chi connectivity index (χ2v) is 8.61. The van der Waals surface area contributed by atoms with Gasteiger partial charge in [0.15, 0.2) is 22.6 Å². The number of rotatable bonds is 4. The predicted molar refractivity (Wildman–Crippen MR) is 131 cm³/mol. The molecule has 6 heterocycles. The van der Waals surface area contributed by atoms with Gasteiger partial charge in [-0.05, 0) is 19.1 Å². The topological polar surface area (TPSA) is 162 Å². The number of carboxylic acids is 2. The summed E-state index contributed by atoms with van der Waals surface area (Å²) >= 11 is 0. The molecular weight excluding hydrogens is 594 g/mol. The fraction of sp³-hybridized carbons (Fsp3) is 0.120. The van der Waals surface area contributed by atoms with Gasteiger partial charge in [0.1, 0.15) is 39.3 Å². The number of carboxylic acid groups (broad SMARTS) is 2. The Labute approximate surface area is 233 Å². The summed E-state index contributed by atoms with van der Waals surface area (Å²) in [7, 11) is 0. The predicted octanol–water partition coefficient (Wildman–Crippen LogP) is 5.77. The van der Waals surface area contributed by atoms with Crippen LogP contribution in [0.2, 0.25) is 0 Å². The zero-order chi connectivity index (χ0) is 31.3. The molecule has 43 heavy (non-hydrogen) atoms. The van der Waals surface area contributed by atoms with Crippen molar-refractivity contribution in [3.05, 3.63) is 83.6 Å². The van der Waals surface area contributed by atoms with Crippen LogP contribution in [-0.2, 0) is 12.4 Å². The standard InChI is InChI=1S/C13H8F3N3O3.C12H6F3N3O3/c1-6-4-8-10(22-6)9(2-3-17-8)19-11(13(14,15)16)7(5-18-19)12(20)21;13-12(14,15)10-6(11(19)20)5-17-18(10)8-1-3-16-7-2-4-21-9(7)8/h2-5H,1H3,(H,20,21);1-5H,(H,19,20). The van der Waals surface area contributed by atoms with Crippen LogP contribution in [-0.4, -0.2) is 51.7 Å². The van der Waals surface area contributed by atoms with Crippen LogP contribution in [0.3, 0.4) is 0 Å². The maximum Gasteiger partial charge on any atom is 0.434 e. The van der Waals surface area contributed by atoms with E-state index >= 15 is 0 Å². The summed E-state index contributed by atoms with van der Waals surface area (Å²) < 4.78 is 90.6. The van der Waals surface area contributed by atoms with Crippen molar-refractivity contribution in [1.82, 2.24) is 29.5 Å². The van der Waals surface area contributed by atoms with Gasteiger partial charge in [0.25, 0.3) is 0 Å². The van der Waals surface area contributed by atoms with Crippen molar-refractivity contribution in [1.29, 1.82) is 0 Å². The van der Waals surface area contributed by atoms with Gasteiger partial charge in [0.05, 0.1) is 18.7 Å². The van der Waals surface area contributed by atoms with Crippen molar-refractivity contribution in [2.45, 2.75) is 19.3 Å². The first-order valence-corrected chi connectivity index (χ1v) is 11.6. The zero-order valence-corrected chi connectivity index (χ0v) is 21.2. The van der Waals surface area contributed by atoms with Crippen LogP contribution >= 0.6 is 0 Å². The summed E-state index contributed by atoms with van der Waals surface area (Å²) in [6.07, 6.45) is -4.60. The minimum atomic E-state index is -4.89. The van der Waals surface area contributed by atoms with Crippen LogP contribution in [0.4, 0.5) is 26.3 Å². The number of aryl methyl sites for hydroxylation is 1. The molecule has 18 heteroatoms. The first-order chi connectivity index (χ1) is 20.2. The summed E-state index contributed by atoms with van der Waals surface area (Å²) in [5, 5.41) is 24.9. The monoisotopic (exact) mass is 608 g/mol. The maximum atomic E-state index is 13.2. The van der Waals surface area contributed by atoms with Crippen molar-refractivity contribution in [2.24, 2.45) is 0 Å². The minimum absolute atomic E-state index is 0.0297. The van der Waals surface area contributed by atoms with E-state index in [4.69, 9.17) is 19.0 Å². The van der Waals surface area contributed by atoms with Crippen LogP contribution in [0.15, 0.2) is 64.2 Å². The molecule has 6 rings (SSSR count). The highest BCUT2D eigenvalue weighted by Gasteiger charge is 2.42. The first-order valence-electron chi connectivity index (χ1n) is 11.6. The van der Waals surface area contributed by atoms with Gasteiger partial charge in [-0.15, -0.1) is 0 Å². The van der Waals surface area contributed by atoms with Crippen molar-refractivity contribution < 1.29 is 55.0 Å². The molecule has 6 aromatic heterocycles. The molecule has 0 spiro atoms. The van der Waals surface area contributed by atoms with Crippen molar-refractivity contribution in [2.75, 3.05) is 0 Å². The minimum Gasteiger partial charge on any atom is -0.478 e. The second-order valence-electron chi connectivity index (χ2n) is 8.61. The molecule has 0 aromatic carbocycles. The van der Waals surface area contributed by atoms with E-state index in [2.05, 4.69) is 20.2 Å². The van der Waals surface area contributed by atoms with Crippen molar-refractivity contribution in [3.63, 3.8) is 0 Å². The Morgan fingerprint density at radius 1 is 0.767 bits per heavy atom. The van der Waals surface area contributed by atoms with E-state index in [-0.39, 0.29) is 22.5 Å². The van der Waals surface area contributed by atoms with Gasteiger partial charge in [-0.1, -0.05) is 0 Å². The summed E-state index contributed by atoms with van der Waals surface area (Å²) in [4.78, 5) is 29.8. The van der Waals surface area contributed by atoms with E-state index in [0.29, 0.717) is 38.6 Å².